The quantitative estimate of drug-likeness (QED) is 0.589. The maximum absolute atomic E-state index is 12.8. The lowest BCUT2D eigenvalue weighted by Gasteiger charge is -2.29. The second-order valence-electron chi connectivity index (χ2n) is 7.97. The first kappa shape index (κ1) is 23.7. The third-order valence-corrected chi connectivity index (χ3v) is 6.99. The first-order valence-corrected chi connectivity index (χ1v) is 12.1. The molecule has 9 heteroatoms. The fourth-order valence-electron chi connectivity index (χ4n) is 3.58. The van der Waals surface area contributed by atoms with E-state index in [4.69, 9.17) is 0 Å². The number of carbonyl (C=O) groups excluding carboxylic acids is 2. The molecule has 172 valence electrons. The van der Waals surface area contributed by atoms with Crippen molar-refractivity contribution in [3.05, 3.63) is 53.6 Å². The number of sulfonamides is 1. The number of benzene rings is 2. The highest BCUT2D eigenvalue weighted by Crippen LogP contribution is 2.23. The molecule has 0 spiro atoms. The van der Waals surface area contributed by atoms with Crippen molar-refractivity contribution in [2.45, 2.75) is 50.5 Å². The number of nitrogens with one attached hydrogen (secondary N) is 2. The lowest BCUT2D eigenvalue weighted by molar-refractivity contribution is -0.132. The monoisotopic (exact) mass is 459 g/mol. The Kier molecular flexibility index (Phi) is 7.52. The van der Waals surface area contributed by atoms with Crippen LogP contribution in [0.25, 0.3) is 0 Å². The molecule has 1 heterocycles. The average molecular weight is 460 g/mol. The number of hydrogen-bond acceptors (Lipinski definition) is 5. The predicted octanol–water partition coefficient (Wildman–Crippen LogP) is 2.67. The van der Waals surface area contributed by atoms with Crippen molar-refractivity contribution in [1.82, 2.24) is 4.90 Å². The van der Waals surface area contributed by atoms with E-state index in [0.717, 1.165) is 5.56 Å². The topological polar surface area (TPSA) is 116 Å². The molecule has 3 rings (SSSR count). The molecule has 1 aliphatic rings. The Morgan fingerprint density at radius 3 is 2.28 bits per heavy atom. The van der Waals surface area contributed by atoms with Crippen molar-refractivity contribution >= 4 is 33.2 Å². The maximum Gasteiger partial charge on any atom is 0.262 e. The summed E-state index contributed by atoms with van der Waals surface area (Å²) in [7, 11) is -3.81. The lowest BCUT2D eigenvalue weighted by Crippen LogP contribution is -2.40. The van der Waals surface area contributed by atoms with Crippen LogP contribution in [0, 0.1) is 6.92 Å². The summed E-state index contributed by atoms with van der Waals surface area (Å²) in [5.74, 6) is -0.148. The van der Waals surface area contributed by atoms with Crippen LogP contribution in [-0.4, -0.2) is 49.4 Å². The molecule has 0 radical (unpaired) electrons. The third kappa shape index (κ3) is 6.08. The second kappa shape index (κ2) is 10.1. The summed E-state index contributed by atoms with van der Waals surface area (Å²) in [5.41, 5.74) is 2.24. The van der Waals surface area contributed by atoms with Crippen LogP contribution >= 0.6 is 0 Å². The highest BCUT2D eigenvalue weighted by Gasteiger charge is 2.21. The molecule has 0 atom stereocenters. The molecule has 0 bridgehead atoms. The van der Waals surface area contributed by atoms with E-state index < -0.39 is 10.0 Å². The molecular weight excluding hydrogens is 430 g/mol. The Bertz CT molecular complexity index is 1080. The SMILES string of the molecule is CCC(=O)Nc1ccc(S(=O)(=O)Nc2ccc(CC(=O)N3CCC(O)CC3)cc2)c(C)c1. The second-order valence-corrected chi connectivity index (χ2v) is 9.62. The molecular formula is C23H29N3O5S. The zero-order valence-corrected chi connectivity index (χ0v) is 19.1. The summed E-state index contributed by atoms with van der Waals surface area (Å²) in [6, 6.07) is 11.4. The Hall–Kier alpha value is -2.91. The Labute approximate surface area is 188 Å². The maximum atomic E-state index is 12.8. The van der Waals surface area contributed by atoms with Gasteiger partial charge in [0.15, 0.2) is 0 Å². The first-order chi connectivity index (χ1) is 15.2. The van der Waals surface area contributed by atoms with Gasteiger partial charge in [-0.05, 0) is 61.2 Å². The average Bonchev–Trinajstić information content (AvgIpc) is 2.75. The van der Waals surface area contributed by atoms with E-state index in [0.29, 0.717) is 49.3 Å². The van der Waals surface area contributed by atoms with Crippen molar-refractivity contribution in [2.24, 2.45) is 0 Å². The molecule has 2 aromatic rings. The zero-order valence-electron chi connectivity index (χ0n) is 18.3. The standard InChI is InChI=1S/C23H29N3O5S/c1-3-22(28)24-19-8-9-21(16(2)14-19)32(30,31)25-18-6-4-17(5-7-18)15-23(29)26-12-10-20(27)11-13-26/h4-9,14,20,25,27H,3,10-13,15H2,1-2H3,(H,24,28). The van der Waals surface area contributed by atoms with Crippen molar-refractivity contribution in [3.63, 3.8) is 0 Å². The first-order valence-electron chi connectivity index (χ1n) is 10.7. The third-order valence-electron chi connectivity index (χ3n) is 5.45. The summed E-state index contributed by atoms with van der Waals surface area (Å²) in [5, 5.41) is 12.3. The van der Waals surface area contributed by atoms with Crippen LogP contribution in [0.4, 0.5) is 11.4 Å². The van der Waals surface area contributed by atoms with Gasteiger partial charge in [-0.1, -0.05) is 19.1 Å². The van der Waals surface area contributed by atoms with Crippen molar-refractivity contribution in [3.8, 4) is 0 Å². The van der Waals surface area contributed by atoms with Gasteiger partial charge < -0.3 is 15.3 Å². The number of piperidine rings is 1. The number of anilines is 2. The van der Waals surface area contributed by atoms with Crippen molar-refractivity contribution in [2.75, 3.05) is 23.1 Å². The molecule has 1 saturated heterocycles. The number of aliphatic hydroxyl groups is 1. The van der Waals surface area contributed by atoms with Crippen LogP contribution in [0.1, 0.15) is 37.3 Å². The van der Waals surface area contributed by atoms with Crippen LogP contribution in [-0.2, 0) is 26.0 Å². The van der Waals surface area contributed by atoms with Crippen LogP contribution in [0.2, 0.25) is 0 Å². The number of rotatable bonds is 7. The molecule has 2 aromatic carbocycles. The minimum absolute atomic E-state index is 0.00360. The number of amides is 2. The van der Waals surface area contributed by atoms with E-state index in [1.807, 2.05) is 0 Å². The highest BCUT2D eigenvalue weighted by atomic mass is 32.2. The van der Waals surface area contributed by atoms with Crippen LogP contribution in [0.3, 0.4) is 0 Å². The minimum Gasteiger partial charge on any atom is -0.393 e. The van der Waals surface area contributed by atoms with Crippen LogP contribution in [0.5, 0.6) is 0 Å². The number of aryl methyl sites for hydroxylation is 1. The molecule has 3 N–H and O–H groups in total. The van der Waals surface area contributed by atoms with Crippen LogP contribution < -0.4 is 10.0 Å². The highest BCUT2D eigenvalue weighted by molar-refractivity contribution is 7.92. The summed E-state index contributed by atoms with van der Waals surface area (Å²) in [6.07, 6.45) is 1.42. The van der Waals surface area contributed by atoms with Gasteiger partial charge in [0.25, 0.3) is 10.0 Å². The number of aliphatic hydroxyl groups excluding tert-OH is 1. The van der Waals surface area contributed by atoms with Gasteiger partial charge in [0.05, 0.1) is 17.4 Å². The summed E-state index contributed by atoms with van der Waals surface area (Å²) < 4.78 is 28.2. The number of likely N-dealkylation sites (tertiary alicyclic amines) is 1. The van der Waals surface area contributed by atoms with Gasteiger partial charge in [-0.15, -0.1) is 0 Å². The van der Waals surface area contributed by atoms with Crippen LogP contribution in [0.15, 0.2) is 47.4 Å². The fraction of sp³-hybridized carbons (Fsp3) is 0.391. The van der Waals surface area contributed by atoms with Gasteiger partial charge in [0, 0.05) is 30.9 Å². The normalized spacial score (nSPS) is 14.8. The van der Waals surface area contributed by atoms with Gasteiger partial charge in [-0.25, -0.2) is 8.42 Å². The van der Waals surface area contributed by atoms with Crippen molar-refractivity contribution in [1.29, 1.82) is 0 Å². The molecule has 1 aliphatic heterocycles. The Morgan fingerprint density at radius 2 is 1.69 bits per heavy atom. The minimum atomic E-state index is -3.81. The molecule has 2 amide bonds. The van der Waals surface area contributed by atoms with E-state index in [-0.39, 0.29) is 29.2 Å². The summed E-state index contributed by atoms with van der Waals surface area (Å²) >= 11 is 0. The van der Waals surface area contributed by atoms with Crippen molar-refractivity contribution < 1.29 is 23.1 Å². The van der Waals surface area contributed by atoms with Gasteiger partial charge in [0.2, 0.25) is 11.8 Å². The largest absolute Gasteiger partial charge is 0.393 e. The van der Waals surface area contributed by atoms with Gasteiger partial charge in [-0.2, -0.15) is 0 Å². The van der Waals surface area contributed by atoms with E-state index in [1.54, 1.807) is 55.1 Å². The Balaban J connectivity index is 1.64. The molecule has 32 heavy (non-hydrogen) atoms. The van der Waals surface area contributed by atoms with E-state index in [9.17, 15) is 23.1 Å². The molecule has 1 fully saturated rings. The van der Waals surface area contributed by atoms with E-state index >= 15 is 0 Å². The summed E-state index contributed by atoms with van der Waals surface area (Å²) in [4.78, 5) is 25.8. The molecule has 8 nitrogen and oxygen atoms in total. The number of nitrogens with zero attached hydrogens (tertiary/aromatic N) is 1. The van der Waals surface area contributed by atoms with Gasteiger partial charge >= 0.3 is 0 Å². The van der Waals surface area contributed by atoms with Gasteiger partial charge in [0.1, 0.15) is 0 Å². The van der Waals surface area contributed by atoms with Gasteiger partial charge in [-0.3, -0.25) is 14.3 Å². The van der Waals surface area contributed by atoms with E-state index in [1.165, 1.54) is 6.07 Å². The molecule has 0 aliphatic carbocycles. The van der Waals surface area contributed by atoms with E-state index in [2.05, 4.69) is 10.0 Å². The number of carbonyl (C=O) groups is 2. The zero-order chi connectivity index (χ0) is 23.3. The predicted molar refractivity (Wildman–Crippen MR) is 123 cm³/mol. The lowest BCUT2D eigenvalue weighted by atomic mass is 10.1. The molecule has 0 aromatic heterocycles. The molecule has 0 saturated carbocycles. The molecule has 0 unspecified atom stereocenters. The summed E-state index contributed by atoms with van der Waals surface area (Å²) in [6.45, 7) is 4.52. The number of hydrogen-bond donors (Lipinski definition) is 3. The smallest absolute Gasteiger partial charge is 0.262 e. The Morgan fingerprint density at radius 1 is 1.06 bits per heavy atom. The fourth-order valence-corrected chi connectivity index (χ4v) is 4.87.